The van der Waals surface area contributed by atoms with Crippen molar-refractivity contribution < 1.29 is 14.6 Å². The Kier molecular flexibility index (Phi) is 6.93. The van der Waals surface area contributed by atoms with Gasteiger partial charge in [0.15, 0.2) is 5.96 Å². The first kappa shape index (κ1) is 19.9. The number of ether oxygens (including phenoxy) is 2. The smallest absolute Gasteiger partial charge is 0.191 e. The van der Waals surface area contributed by atoms with Crippen LogP contribution in [0.2, 0.25) is 0 Å². The molecule has 2 unspecified atom stereocenters. The number of fused-ring (bicyclic) bond motifs is 1. The van der Waals surface area contributed by atoms with Crippen molar-refractivity contribution in [3.8, 4) is 5.75 Å². The molecule has 0 aliphatic carbocycles. The summed E-state index contributed by atoms with van der Waals surface area (Å²) in [7, 11) is 0. The largest absolute Gasteiger partial charge is 0.488 e. The molecule has 0 radical (unpaired) electrons. The summed E-state index contributed by atoms with van der Waals surface area (Å²) < 4.78 is 11.3. The Morgan fingerprint density at radius 2 is 2.07 bits per heavy atom. The minimum Gasteiger partial charge on any atom is -0.488 e. The predicted molar refractivity (Wildman–Crippen MR) is 106 cm³/mol. The molecule has 1 aromatic carbocycles. The highest BCUT2D eigenvalue weighted by Crippen LogP contribution is 2.27. The minimum absolute atomic E-state index is 0.0973. The molecule has 2 aliphatic rings. The van der Waals surface area contributed by atoms with E-state index < -0.39 is 5.60 Å². The Morgan fingerprint density at radius 1 is 1.30 bits per heavy atom. The zero-order valence-electron chi connectivity index (χ0n) is 16.4. The highest BCUT2D eigenvalue weighted by Gasteiger charge is 2.26. The van der Waals surface area contributed by atoms with Crippen molar-refractivity contribution in [2.24, 2.45) is 4.99 Å². The van der Waals surface area contributed by atoms with Crippen LogP contribution in [-0.2, 0) is 11.2 Å². The number of hydrogen-bond donors (Lipinski definition) is 3. The average Bonchev–Trinajstić information content (AvgIpc) is 3.07. The maximum Gasteiger partial charge on any atom is 0.191 e. The fourth-order valence-corrected chi connectivity index (χ4v) is 3.46. The van der Waals surface area contributed by atoms with Crippen molar-refractivity contribution in [1.82, 2.24) is 15.5 Å². The van der Waals surface area contributed by atoms with Gasteiger partial charge in [-0.3, -0.25) is 9.89 Å². The summed E-state index contributed by atoms with van der Waals surface area (Å²) in [6.45, 7) is 9.43. The van der Waals surface area contributed by atoms with E-state index in [1.54, 1.807) is 0 Å². The first-order valence-electron chi connectivity index (χ1n) is 9.85. The van der Waals surface area contributed by atoms with Gasteiger partial charge in [-0.1, -0.05) is 18.2 Å². The molecule has 3 N–H and O–H groups in total. The van der Waals surface area contributed by atoms with E-state index in [4.69, 9.17) is 9.47 Å². The molecule has 7 nitrogen and oxygen atoms in total. The lowest BCUT2D eigenvalue weighted by Crippen LogP contribution is -2.48. The zero-order chi connectivity index (χ0) is 19.1. The molecule has 1 aromatic rings. The Hall–Kier alpha value is -1.83. The number of β-amino-alcohol motifs (C(OH)–C–C–N with tert-alkyl or cyclic N) is 1. The molecule has 150 valence electrons. The summed E-state index contributed by atoms with van der Waals surface area (Å²) in [5.41, 5.74) is 0.374. The lowest BCUT2D eigenvalue weighted by molar-refractivity contribution is -0.0180. The summed E-state index contributed by atoms with van der Waals surface area (Å²) in [4.78, 5) is 6.82. The van der Waals surface area contributed by atoms with Crippen LogP contribution in [0.1, 0.15) is 19.4 Å². The molecule has 27 heavy (non-hydrogen) atoms. The van der Waals surface area contributed by atoms with E-state index >= 15 is 0 Å². The number of para-hydroxylation sites is 1. The van der Waals surface area contributed by atoms with E-state index in [0.717, 1.165) is 45.0 Å². The van der Waals surface area contributed by atoms with Crippen LogP contribution >= 0.6 is 0 Å². The second kappa shape index (κ2) is 9.39. The number of benzene rings is 1. The number of nitrogens with one attached hydrogen (secondary N) is 2. The summed E-state index contributed by atoms with van der Waals surface area (Å²) in [5.74, 6) is 1.68. The fourth-order valence-electron chi connectivity index (χ4n) is 3.46. The summed E-state index contributed by atoms with van der Waals surface area (Å²) in [6, 6.07) is 8.16. The van der Waals surface area contributed by atoms with Crippen LogP contribution in [0.5, 0.6) is 5.75 Å². The number of guanidine groups is 1. The normalized spacial score (nSPS) is 22.6. The van der Waals surface area contributed by atoms with Gasteiger partial charge in [0.1, 0.15) is 11.9 Å². The zero-order valence-corrected chi connectivity index (χ0v) is 16.4. The van der Waals surface area contributed by atoms with Crippen molar-refractivity contribution >= 4 is 5.96 Å². The Bertz CT molecular complexity index is 604. The molecule has 2 atom stereocenters. The van der Waals surface area contributed by atoms with Gasteiger partial charge in [0.25, 0.3) is 0 Å². The summed E-state index contributed by atoms with van der Waals surface area (Å²) in [6.07, 6.45) is 0.997. The number of aliphatic imine (C=N–C) groups is 1. The number of nitrogens with zero attached hydrogens (tertiary/aromatic N) is 2. The summed E-state index contributed by atoms with van der Waals surface area (Å²) in [5, 5.41) is 17.3. The van der Waals surface area contributed by atoms with E-state index in [9.17, 15) is 5.11 Å². The van der Waals surface area contributed by atoms with Crippen molar-refractivity contribution in [2.75, 3.05) is 52.5 Å². The third-order valence-electron chi connectivity index (χ3n) is 4.80. The van der Waals surface area contributed by atoms with Crippen LogP contribution < -0.4 is 15.4 Å². The van der Waals surface area contributed by atoms with Gasteiger partial charge >= 0.3 is 0 Å². The number of rotatable bonds is 7. The van der Waals surface area contributed by atoms with Gasteiger partial charge in [-0.2, -0.15) is 0 Å². The molecule has 0 spiro atoms. The highest BCUT2D eigenvalue weighted by molar-refractivity contribution is 5.79. The van der Waals surface area contributed by atoms with Crippen molar-refractivity contribution in [3.63, 3.8) is 0 Å². The molecule has 2 aliphatic heterocycles. The molecule has 0 aromatic heterocycles. The van der Waals surface area contributed by atoms with Crippen molar-refractivity contribution in [2.45, 2.75) is 32.0 Å². The van der Waals surface area contributed by atoms with Crippen LogP contribution in [0.15, 0.2) is 29.3 Å². The lowest BCUT2D eigenvalue weighted by atomic mass is 10.1. The number of hydrogen-bond acceptors (Lipinski definition) is 5. The Balaban J connectivity index is 1.48. The molecule has 0 saturated carbocycles. The van der Waals surface area contributed by atoms with E-state index in [2.05, 4.69) is 26.6 Å². The fraction of sp³-hybridized carbons (Fsp3) is 0.650. The van der Waals surface area contributed by atoms with E-state index in [1.807, 2.05) is 32.0 Å². The molecule has 1 fully saturated rings. The summed E-state index contributed by atoms with van der Waals surface area (Å²) >= 11 is 0. The first-order chi connectivity index (χ1) is 13.1. The van der Waals surface area contributed by atoms with Gasteiger partial charge in [0.2, 0.25) is 0 Å². The highest BCUT2D eigenvalue weighted by atomic mass is 16.5. The van der Waals surface area contributed by atoms with Crippen LogP contribution in [0.3, 0.4) is 0 Å². The van der Waals surface area contributed by atoms with Gasteiger partial charge in [-0.25, -0.2) is 0 Å². The van der Waals surface area contributed by atoms with Gasteiger partial charge < -0.3 is 25.2 Å². The number of morpholine rings is 1. The van der Waals surface area contributed by atoms with Gasteiger partial charge in [0.05, 0.1) is 31.9 Å². The number of aliphatic hydroxyl groups is 1. The van der Waals surface area contributed by atoms with Gasteiger partial charge in [-0.05, 0) is 25.5 Å². The van der Waals surface area contributed by atoms with Crippen LogP contribution in [0.25, 0.3) is 0 Å². The quantitative estimate of drug-likeness (QED) is 0.479. The lowest BCUT2D eigenvalue weighted by Gasteiger charge is -2.33. The van der Waals surface area contributed by atoms with E-state index in [1.165, 1.54) is 5.56 Å². The average molecular weight is 377 g/mol. The van der Waals surface area contributed by atoms with Crippen LogP contribution in [0.4, 0.5) is 0 Å². The molecular formula is C20H32N4O3. The molecule has 3 rings (SSSR count). The maximum absolute atomic E-state index is 10.7. The third-order valence-corrected chi connectivity index (χ3v) is 4.80. The predicted octanol–water partition coefficient (Wildman–Crippen LogP) is 0.628. The molecule has 2 heterocycles. The molecule has 0 bridgehead atoms. The van der Waals surface area contributed by atoms with Crippen molar-refractivity contribution in [3.05, 3.63) is 29.8 Å². The van der Waals surface area contributed by atoms with Gasteiger partial charge in [-0.15, -0.1) is 0 Å². The van der Waals surface area contributed by atoms with E-state index in [0.29, 0.717) is 25.6 Å². The monoisotopic (exact) mass is 376 g/mol. The molecule has 0 amide bonds. The molecular weight excluding hydrogens is 344 g/mol. The Morgan fingerprint density at radius 3 is 2.81 bits per heavy atom. The van der Waals surface area contributed by atoms with Crippen molar-refractivity contribution in [1.29, 1.82) is 0 Å². The minimum atomic E-state index is -0.875. The topological polar surface area (TPSA) is 78.4 Å². The molecule has 7 heteroatoms. The Labute approximate surface area is 161 Å². The second-order valence-electron chi connectivity index (χ2n) is 7.51. The van der Waals surface area contributed by atoms with E-state index in [-0.39, 0.29) is 6.10 Å². The standard InChI is InChI=1S/C20H32N4O3/c1-3-21-19(22-13-17-12-16-6-4-5-7-18(16)27-17)23-14-20(2,25)15-24-8-10-26-11-9-24/h4-7,17,25H,3,8-15H2,1-2H3,(H2,21,22,23). The maximum atomic E-state index is 10.7. The van der Waals surface area contributed by atoms with Crippen LogP contribution in [-0.4, -0.2) is 80.2 Å². The SMILES string of the molecule is CCNC(=NCC(C)(O)CN1CCOCC1)NCC1Cc2ccccc2O1. The molecule has 1 saturated heterocycles. The van der Waals surface area contributed by atoms with Gasteiger partial charge in [0, 0.05) is 32.6 Å². The van der Waals surface area contributed by atoms with Crippen LogP contribution in [0, 0.1) is 0 Å². The first-order valence-corrected chi connectivity index (χ1v) is 9.85. The third kappa shape index (κ3) is 6.09. The second-order valence-corrected chi connectivity index (χ2v) is 7.51.